The van der Waals surface area contributed by atoms with Gasteiger partial charge >= 0.3 is 0 Å². The first kappa shape index (κ1) is 10.3. The highest BCUT2D eigenvalue weighted by Gasteiger charge is 2.17. The molecule has 5 heteroatoms. The maximum Gasteiger partial charge on any atom is 0.281 e. The number of hydrogen-bond acceptors (Lipinski definition) is 2. The second-order valence-corrected chi connectivity index (χ2v) is 3.57. The molecule has 1 rings (SSSR count). The van der Waals surface area contributed by atoms with Crippen LogP contribution in [0.15, 0.2) is 6.20 Å². The molecule has 0 N–H and O–H groups in total. The molecule has 68 valence electrons. The molecule has 0 aliphatic rings. The molecular weight excluding hydrogens is 289 g/mol. The van der Waals surface area contributed by atoms with Crippen LogP contribution in [0.3, 0.4) is 0 Å². The average Bonchev–Trinajstić information content (AvgIpc) is 2.09. The smallest absolute Gasteiger partial charge is 0.253 e. The van der Waals surface area contributed by atoms with E-state index in [1.165, 1.54) is 6.20 Å². The van der Waals surface area contributed by atoms with E-state index in [0.717, 1.165) is 3.57 Å². The molecule has 0 radical (unpaired) electrons. The van der Waals surface area contributed by atoms with Gasteiger partial charge in [-0.05, 0) is 35.1 Å². The quantitative estimate of drug-likeness (QED) is 0.747. The summed E-state index contributed by atoms with van der Waals surface area (Å²) >= 11 is 1.95. The van der Waals surface area contributed by atoms with Crippen molar-refractivity contribution in [3.05, 3.63) is 26.6 Å². The Bertz CT molecular complexity index is 371. The van der Waals surface area contributed by atoms with E-state index in [0.29, 0.717) is 5.56 Å². The minimum atomic E-state index is -2.69. The van der Waals surface area contributed by atoms with E-state index in [1.807, 2.05) is 22.6 Å². The van der Waals surface area contributed by atoms with Gasteiger partial charge in [-0.25, -0.2) is 8.78 Å². The second kappa shape index (κ2) is 3.96. The maximum atomic E-state index is 12.3. The molecule has 0 fully saturated rings. The molecule has 2 nitrogen and oxygen atoms in total. The summed E-state index contributed by atoms with van der Waals surface area (Å²) in [5.41, 5.74) is 0.121. The van der Waals surface area contributed by atoms with Crippen LogP contribution < -0.4 is 0 Å². The molecule has 1 aromatic heterocycles. The third kappa shape index (κ3) is 1.94. The number of halogens is 3. The summed E-state index contributed by atoms with van der Waals surface area (Å²) in [6, 6.07) is 1.74. The predicted molar refractivity (Wildman–Crippen MR) is 51.4 cm³/mol. The van der Waals surface area contributed by atoms with Gasteiger partial charge in [0.15, 0.2) is 0 Å². The van der Waals surface area contributed by atoms with E-state index in [-0.39, 0.29) is 5.56 Å². The molecule has 1 heterocycles. The third-order valence-corrected chi connectivity index (χ3v) is 2.71. The van der Waals surface area contributed by atoms with Gasteiger partial charge in [-0.3, -0.25) is 4.98 Å². The third-order valence-electron chi connectivity index (χ3n) is 1.62. The molecule has 0 saturated heterocycles. The zero-order valence-electron chi connectivity index (χ0n) is 6.68. The van der Waals surface area contributed by atoms with Gasteiger partial charge in [-0.1, -0.05) is 0 Å². The first-order chi connectivity index (χ1) is 6.07. The number of aromatic nitrogens is 1. The Balaban J connectivity index is 3.41. The Hall–Kier alpha value is -0.770. The fourth-order valence-electron chi connectivity index (χ4n) is 0.906. The molecule has 0 unspecified atom stereocenters. The Morgan fingerprint density at radius 2 is 2.23 bits per heavy atom. The lowest BCUT2D eigenvalue weighted by atomic mass is 10.1. The van der Waals surface area contributed by atoms with E-state index >= 15 is 0 Å². The van der Waals surface area contributed by atoms with Crippen molar-refractivity contribution < 1.29 is 8.78 Å². The molecule has 0 aliphatic carbocycles. The van der Waals surface area contributed by atoms with Gasteiger partial charge in [0.05, 0.1) is 5.56 Å². The molecular formula is C8H5F2IN2. The maximum absolute atomic E-state index is 12.3. The lowest BCUT2D eigenvalue weighted by molar-refractivity contribution is 0.145. The first-order valence-electron chi connectivity index (χ1n) is 3.41. The number of alkyl halides is 2. The van der Waals surface area contributed by atoms with Crippen molar-refractivity contribution in [2.45, 2.75) is 13.3 Å². The highest BCUT2D eigenvalue weighted by molar-refractivity contribution is 14.1. The van der Waals surface area contributed by atoms with Gasteiger partial charge in [0, 0.05) is 9.77 Å². The van der Waals surface area contributed by atoms with Gasteiger partial charge in [-0.15, -0.1) is 0 Å². The fourth-order valence-corrected chi connectivity index (χ4v) is 1.31. The summed E-state index contributed by atoms with van der Waals surface area (Å²) in [5, 5.41) is 8.65. The molecule has 0 amide bonds. The van der Waals surface area contributed by atoms with Crippen LogP contribution in [0.25, 0.3) is 0 Å². The molecule has 13 heavy (non-hydrogen) atoms. The predicted octanol–water partition coefficient (Wildman–Crippen LogP) is 2.80. The van der Waals surface area contributed by atoms with Crippen LogP contribution >= 0.6 is 22.6 Å². The fraction of sp³-hybridized carbons (Fsp3) is 0.250. The SMILES string of the molecule is Cc1c(I)cnc(C(F)F)c1C#N. The summed E-state index contributed by atoms with van der Waals surface area (Å²) in [5.74, 6) is 0. The number of hydrogen-bond donors (Lipinski definition) is 0. The minimum Gasteiger partial charge on any atom is -0.253 e. The Labute approximate surface area is 87.7 Å². The van der Waals surface area contributed by atoms with Crippen molar-refractivity contribution in [2.75, 3.05) is 0 Å². The van der Waals surface area contributed by atoms with Crippen LogP contribution in [-0.2, 0) is 0 Å². The molecule has 0 aromatic carbocycles. The first-order valence-corrected chi connectivity index (χ1v) is 4.49. The van der Waals surface area contributed by atoms with Gasteiger partial charge in [0.2, 0.25) is 0 Å². The zero-order chi connectivity index (χ0) is 10.0. The van der Waals surface area contributed by atoms with Crippen molar-refractivity contribution in [3.63, 3.8) is 0 Å². The van der Waals surface area contributed by atoms with Crippen molar-refractivity contribution in [3.8, 4) is 6.07 Å². The summed E-state index contributed by atoms with van der Waals surface area (Å²) in [4.78, 5) is 3.53. The van der Waals surface area contributed by atoms with Crippen LogP contribution in [0, 0.1) is 21.8 Å². The monoisotopic (exact) mass is 294 g/mol. The largest absolute Gasteiger partial charge is 0.281 e. The molecule has 0 atom stereocenters. The van der Waals surface area contributed by atoms with E-state index in [9.17, 15) is 8.78 Å². The summed E-state index contributed by atoms with van der Waals surface area (Å²) < 4.78 is 25.3. The Morgan fingerprint density at radius 3 is 2.69 bits per heavy atom. The van der Waals surface area contributed by atoms with Crippen molar-refractivity contribution in [1.29, 1.82) is 5.26 Å². The number of pyridine rings is 1. The molecule has 1 aromatic rings. The standard InChI is InChI=1S/C8H5F2IN2/c1-4-5(2-12)7(8(9)10)13-3-6(4)11/h3,8H,1H3. The lowest BCUT2D eigenvalue weighted by Gasteiger charge is -2.05. The minimum absolute atomic E-state index is 0.0121. The molecule has 0 saturated carbocycles. The summed E-state index contributed by atoms with van der Waals surface area (Å²) in [6.07, 6.45) is -1.34. The Morgan fingerprint density at radius 1 is 1.62 bits per heavy atom. The van der Waals surface area contributed by atoms with Crippen molar-refractivity contribution in [1.82, 2.24) is 4.98 Å². The Kier molecular flexibility index (Phi) is 3.14. The number of nitrogens with zero attached hydrogens (tertiary/aromatic N) is 2. The lowest BCUT2D eigenvalue weighted by Crippen LogP contribution is -1.99. The van der Waals surface area contributed by atoms with Crippen molar-refractivity contribution >= 4 is 22.6 Å². The summed E-state index contributed by atoms with van der Waals surface area (Å²) in [7, 11) is 0. The van der Waals surface area contributed by atoms with Crippen LogP contribution in [0.2, 0.25) is 0 Å². The van der Waals surface area contributed by atoms with Crippen molar-refractivity contribution in [2.24, 2.45) is 0 Å². The average molecular weight is 294 g/mol. The highest BCUT2D eigenvalue weighted by atomic mass is 127. The van der Waals surface area contributed by atoms with E-state index in [1.54, 1.807) is 13.0 Å². The van der Waals surface area contributed by atoms with Crippen LogP contribution in [0.5, 0.6) is 0 Å². The summed E-state index contributed by atoms with van der Waals surface area (Å²) in [6.45, 7) is 1.63. The van der Waals surface area contributed by atoms with Crippen LogP contribution in [-0.4, -0.2) is 4.98 Å². The second-order valence-electron chi connectivity index (χ2n) is 2.40. The van der Waals surface area contributed by atoms with E-state index in [2.05, 4.69) is 4.98 Å². The van der Waals surface area contributed by atoms with Crippen LogP contribution in [0.4, 0.5) is 8.78 Å². The topological polar surface area (TPSA) is 36.7 Å². The number of rotatable bonds is 1. The van der Waals surface area contributed by atoms with Crippen LogP contribution in [0.1, 0.15) is 23.2 Å². The zero-order valence-corrected chi connectivity index (χ0v) is 8.84. The van der Waals surface area contributed by atoms with Gasteiger partial charge in [-0.2, -0.15) is 5.26 Å². The normalized spacial score (nSPS) is 10.2. The molecule has 0 bridgehead atoms. The van der Waals surface area contributed by atoms with Gasteiger partial charge < -0.3 is 0 Å². The van der Waals surface area contributed by atoms with E-state index in [4.69, 9.17) is 5.26 Å². The van der Waals surface area contributed by atoms with Gasteiger partial charge in [0.25, 0.3) is 6.43 Å². The van der Waals surface area contributed by atoms with E-state index < -0.39 is 12.1 Å². The molecule has 0 aliphatic heterocycles. The molecule has 0 spiro atoms. The highest BCUT2D eigenvalue weighted by Crippen LogP contribution is 2.24. The number of nitriles is 1. The van der Waals surface area contributed by atoms with Gasteiger partial charge in [0.1, 0.15) is 11.8 Å².